The minimum atomic E-state index is -0.340. The molecule has 16 heavy (non-hydrogen) atoms. The Bertz CT molecular complexity index is 241. The molecule has 0 bridgehead atoms. The number of carbonyl (C=O) groups excluding carboxylic acids is 2. The van der Waals surface area contributed by atoms with Crippen LogP contribution >= 0.6 is 11.8 Å². The normalized spacial score (nSPS) is 10.6. The Morgan fingerprint density at radius 1 is 1.31 bits per heavy atom. The van der Waals surface area contributed by atoms with Crippen molar-refractivity contribution in [2.24, 2.45) is 0 Å². The van der Waals surface area contributed by atoms with E-state index in [4.69, 9.17) is 16.5 Å². The van der Waals surface area contributed by atoms with Crippen LogP contribution in [0, 0.1) is 0 Å². The smallest absolute Gasteiger partial charge is 0.306 e. The lowest BCUT2D eigenvalue weighted by Gasteiger charge is -2.02. The van der Waals surface area contributed by atoms with Crippen LogP contribution in [0.4, 0.5) is 0 Å². The summed E-state index contributed by atoms with van der Waals surface area (Å²) in [7, 11) is 0. The molecule has 0 aromatic rings. The molecule has 0 aromatic heterocycles. The van der Waals surface area contributed by atoms with Crippen LogP contribution in [0.2, 0.25) is 0 Å². The number of nitrogens with one attached hydrogen (secondary N) is 1. The number of ether oxygens (including phenoxy) is 1. The monoisotopic (exact) mass is 247 g/mol. The van der Waals surface area contributed by atoms with Crippen molar-refractivity contribution in [1.29, 1.82) is 0 Å². The summed E-state index contributed by atoms with van der Waals surface area (Å²) in [4.78, 5) is 24.3. The lowest BCUT2D eigenvalue weighted by molar-refractivity contribution is -0.144. The predicted octanol–water partition coefficient (Wildman–Crippen LogP) is 1.98. The van der Waals surface area contributed by atoms with Gasteiger partial charge in [-0.15, -0.1) is 0 Å². The number of hydrogen-bond donors (Lipinski definition) is 1. The lowest BCUT2D eigenvalue weighted by Crippen LogP contribution is -2.16. The van der Waals surface area contributed by atoms with Crippen LogP contribution in [0.3, 0.4) is 0 Å². The van der Waals surface area contributed by atoms with Gasteiger partial charge >= 0.3 is 5.97 Å². The fourth-order valence-corrected chi connectivity index (χ4v) is 1.15. The standard InChI is InChI=1S/C11H18ClNO3/c1-2-3-4-5-8-16-11(15)7-6-10(14)9-13-12/h3-4,13H,2,5-9H2,1H3/b4-3-. The van der Waals surface area contributed by atoms with E-state index >= 15 is 0 Å². The van der Waals surface area contributed by atoms with Gasteiger partial charge in [0.05, 0.1) is 19.6 Å². The molecular formula is C11H18ClNO3. The number of allylic oxidation sites excluding steroid dienone is 1. The maximum Gasteiger partial charge on any atom is 0.306 e. The Labute approximate surface area is 101 Å². The van der Waals surface area contributed by atoms with Crippen LogP contribution < -0.4 is 4.84 Å². The maximum atomic E-state index is 11.1. The summed E-state index contributed by atoms with van der Waals surface area (Å²) in [5.41, 5.74) is 0. The first-order valence-corrected chi connectivity index (χ1v) is 5.74. The Kier molecular flexibility index (Phi) is 10.1. The van der Waals surface area contributed by atoms with E-state index in [1.807, 2.05) is 19.1 Å². The van der Waals surface area contributed by atoms with Crippen LogP contribution in [-0.4, -0.2) is 24.9 Å². The molecule has 1 N–H and O–H groups in total. The van der Waals surface area contributed by atoms with Crippen LogP contribution in [-0.2, 0) is 14.3 Å². The highest BCUT2D eigenvalue weighted by Crippen LogP contribution is 1.96. The zero-order valence-electron chi connectivity index (χ0n) is 9.50. The third-order valence-corrected chi connectivity index (χ3v) is 1.96. The number of Topliss-reactive ketones (excluding diaryl/α,β-unsaturated/α-hetero) is 1. The van der Waals surface area contributed by atoms with Gasteiger partial charge < -0.3 is 4.74 Å². The quantitative estimate of drug-likeness (QED) is 0.293. The molecule has 0 heterocycles. The molecule has 92 valence electrons. The molecule has 0 saturated heterocycles. The average Bonchev–Trinajstić information content (AvgIpc) is 2.26. The van der Waals surface area contributed by atoms with Crippen LogP contribution in [0.25, 0.3) is 0 Å². The van der Waals surface area contributed by atoms with Crippen LogP contribution in [0.5, 0.6) is 0 Å². The summed E-state index contributed by atoms with van der Waals surface area (Å²) in [6.07, 6.45) is 5.97. The maximum absolute atomic E-state index is 11.1. The van der Waals surface area contributed by atoms with Crippen LogP contribution in [0.1, 0.15) is 32.6 Å². The SMILES string of the molecule is CC/C=C\CCOC(=O)CCC(=O)CNCl. The molecule has 4 nitrogen and oxygen atoms in total. The lowest BCUT2D eigenvalue weighted by atomic mass is 10.2. The van der Waals surface area contributed by atoms with Crippen LogP contribution in [0.15, 0.2) is 12.2 Å². The molecule has 0 spiro atoms. The van der Waals surface area contributed by atoms with Crippen molar-refractivity contribution in [2.75, 3.05) is 13.2 Å². The van der Waals surface area contributed by atoms with E-state index in [0.29, 0.717) is 6.61 Å². The molecule has 0 rings (SSSR count). The second-order valence-electron chi connectivity index (χ2n) is 3.24. The second kappa shape index (κ2) is 10.6. The number of hydrogen-bond acceptors (Lipinski definition) is 4. The summed E-state index contributed by atoms with van der Waals surface area (Å²) in [6, 6.07) is 0. The summed E-state index contributed by atoms with van der Waals surface area (Å²) in [5, 5.41) is 0. The van der Waals surface area contributed by atoms with Crippen molar-refractivity contribution in [3.63, 3.8) is 0 Å². The third-order valence-electron chi connectivity index (χ3n) is 1.82. The fourth-order valence-electron chi connectivity index (χ4n) is 1.00. The van der Waals surface area contributed by atoms with Gasteiger partial charge in [0.1, 0.15) is 5.78 Å². The van der Waals surface area contributed by atoms with E-state index in [1.165, 1.54) is 0 Å². The fraction of sp³-hybridized carbons (Fsp3) is 0.636. The van der Waals surface area contributed by atoms with Crippen molar-refractivity contribution in [1.82, 2.24) is 4.84 Å². The highest BCUT2D eigenvalue weighted by Gasteiger charge is 2.06. The Hall–Kier alpha value is -0.870. The second-order valence-corrected chi connectivity index (χ2v) is 3.51. The van der Waals surface area contributed by atoms with Crippen molar-refractivity contribution in [3.05, 3.63) is 12.2 Å². The minimum absolute atomic E-state index is 0.0775. The number of esters is 1. The summed E-state index contributed by atoms with van der Waals surface area (Å²) in [5.74, 6) is -0.439. The molecule has 0 aliphatic carbocycles. The molecule has 0 amide bonds. The summed E-state index contributed by atoms with van der Waals surface area (Å²) in [6.45, 7) is 2.49. The number of halogens is 1. The first-order valence-electron chi connectivity index (χ1n) is 5.36. The number of ketones is 1. The molecular weight excluding hydrogens is 230 g/mol. The molecule has 0 aliphatic rings. The van der Waals surface area contributed by atoms with Crippen molar-refractivity contribution < 1.29 is 14.3 Å². The van der Waals surface area contributed by atoms with Gasteiger partial charge in [-0.2, -0.15) is 0 Å². The van der Waals surface area contributed by atoms with Crippen molar-refractivity contribution >= 4 is 23.5 Å². The van der Waals surface area contributed by atoms with Gasteiger partial charge in [-0.3, -0.25) is 9.59 Å². The topological polar surface area (TPSA) is 55.4 Å². The van der Waals surface area contributed by atoms with Gasteiger partial charge in [0, 0.05) is 6.42 Å². The van der Waals surface area contributed by atoms with Crippen molar-refractivity contribution in [2.45, 2.75) is 32.6 Å². The molecule has 0 fully saturated rings. The third kappa shape index (κ3) is 9.68. The highest BCUT2D eigenvalue weighted by molar-refractivity contribution is 6.14. The van der Waals surface area contributed by atoms with E-state index in [-0.39, 0.29) is 31.1 Å². The highest BCUT2D eigenvalue weighted by atomic mass is 35.5. The molecule has 0 radical (unpaired) electrons. The number of carbonyl (C=O) groups is 2. The summed E-state index contributed by atoms with van der Waals surface area (Å²) >= 11 is 5.15. The first kappa shape index (κ1) is 15.1. The van der Waals surface area contributed by atoms with E-state index in [2.05, 4.69) is 4.84 Å². The van der Waals surface area contributed by atoms with Gasteiger partial charge in [0.25, 0.3) is 0 Å². The summed E-state index contributed by atoms with van der Waals surface area (Å²) < 4.78 is 4.92. The molecule has 0 atom stereocenters. The average molecular weight is 248 g/mol. The predicted molar refractivity (Wildman–Crippen MR) is 63.1 cm³/mol. The Morgan fingerprint density at radius 3 is 2.69 bits per heavy atom. The minimum Gasteiger partial charge on any atom is -0.465 e. The van der Waals surface area contributed by atoms with Crippen molar-refractivity contribution in [3.8, 4) is 0 Å². The largest absolute Gasteiger partial charge is 0.465 e. The van der Waals surface area contributed by atoms with Gasteiger partial charge in [-0.25, -0.2) is 4.84 Å². The zero-order chi connectivity index (χ0) is 12.2. The van der Waals surface area contributed by atoms with E-state index in [0.717, 1.165) is 12.8 Å². The van der Waals surface area contributed by atoms with E-state index in [9.17, 15) is 9.59 Å². The molecule has 0 unspecified atom stereocenters. The van der Waals surface area contributed by atoms with E-state index in [1.54, 1.807) is 0 Å². The van der Waals surface area contributed by atoms with E-state index < -0.39 is 0 Å². The Morgan fingerprint density at radius 2 is 2.06 bits per heavy atom. The molecule has 0 aromatic carbocycles. The molecule has 5 heteroatoms. The van der Waals surface area contributed by atoms with Gasteiger partial charge in [-0.05, 0) is 24.6 Å². The molecule has 0 aliphatic heterocycles. The first-order chi connectivity index (χ1) is 7.70. The number of rotatable bonds is 9. The van der Waals surface area contributed by atoms with Gasteiger partial charge in [-0.1, -0.05) is 19.1 Å². The van der Waals surface area contributed by atoms with Gasteiger partial charge in [0.2, 0.25) is 0 Å². The molecule has 0 saturated carbocycles. The Balaban J connectivity index is 3.44. The zero-order valence-corrected chi connectivity index (χ0v) is 10.3. The van der Waals surface area contributed by atoms with Gasteiger partial charge in [0.15, 0.2) is 0 Å².